The lowest BCUT2D eigenvalue weighted by molar-refractivity contribution is -0.885. The number of hydrogen-bond donors (Lipinski definition) is 2. The van der Waals surface area contributed by atoms with Crippen molar-refractivity contribution in [3.8, 4) is 0 Å². The van der Waals surface area contributed by atoms with Crippen LogP contribution in [0.3, 0.4) is 0 Å². The van der Waals surface area contributed by atoms with Crippen molar-refractivity contribution < 1.29 is 27.3 Å². The maximum atomic E-state index is 12.8. The predicted molar refractivity (Wildman–Crippen MR) is 85.1 cm³/mol. The maximum Gasteiger partial charge on any atom is 0.416 e. The van der Waals surface area contributed by atoms with E-state index in [2.05, 4.69) is 5.32 Å². The predicted octanol–water partition coefficient (Wildman–Crippen LogP) is 2.18. The molecule has 0 spiro atoms. The van der Waals surface area contributed by atoms with Gasteiger partial charge in [0.1, 0.15) is 12.4 Å². The summed E-state index contributed by atoms with van der Waals surface area (Å²) in [6, 6.07) is 10.7. The van der Waals surface area contributed by atoms with Gasteiger partial charge in [0.05, 0.1) is 12.6 Å². The Labute approximate surface area is 143 Å². The number of rotatable bonds is 6. The standard InChI is InChI=1S/C18H18F4N2O/c1-24(11-14-2-6-15(7-3-14)18(20,21)22)12-17(25)23-10-13-4-8-16(19)9-5-13/h2-9H,10-12H2,1H3,(H,23,25)/p+1. The third-order valence-electron chi connectivity index (χ3n) is 3.65. The first-order valence-corrected chi connectivity index (χ1v) is 7.72. The summed E-state index contributed by atoms with van der Waals surface area (Å²) in [7, 11) is 1.79. The quantitative estimate of drug-likeness (QED) is 0.765. The Morgan fingerprint density at radius 1 is 1.00 bits per heavy atom. The number of benzene rings is 2. The van der Waals surface area contributed by atoms with Crippen LogP contribution in [0.15, 0.2) is 48.5 Å². The van der Waals surface area contributed by atoms with Crippen molar-refractivity contribution in [1.29, 1.82) is 0 Å². The summed E-state index contributed by atoms with van der Waals surface area (Å²) in [5.74, 6) is -0.524. The molecule has 0 aromatic heterocycles. The molecule has 0 heterocycles. The number of alkyl halides is 3. The van der Waals surface area contributed by atoms with Gasteiger partial charge in [-0.1, -0.05) is 24.3 Å². The van der Waals surface area contributed by atoms with Gasteiger partial charge in [0, 0.05) is 12.1 Å². The Balaban J connectivity index is 1.80. The fourth-order valence-electron chi connectivity index (χ4n) is 2.36. The molecule has 2 rings (SSSR count). The Bertz CT molecular complexity index is 697. The van der Waals surface area contributed by atoms with Crippen molar-refractivity contribution in [1.82, 2.24) is 5.32 Å². The smallest absolute Gasteiger partial charge is 0.347 e. The minimum absolute atomic E-state index is 0.183. The van der Waals surface area contributed by atoms with Crippen LogP contribution in [0, 0.1) is 5.82 Å². The van der Waals surface area contributed by atoms with Gasteiger partial charge in [-0.3, -0.25) is 4.79 Å². The van der Waals surface area contributed by atoms with Crippen molar-refractivity contribution in [3.63, 3.8) is 0 Å². The number of nitrogens with one attached hydrogen (secondary N) is 2. The molecule has 0 aliphatic heterocycles. The van der Waals surface area contributed by atoms with E-state index >= 15 is 0 Å². The van der Waals surface area contributed by atoms with E-state index < -0.39 is 11.7 Å². The van der Waals surface area contributed by atoms with Crippen LogP contribution in [-0.2, 0) is 24.1 Å². The lowest BCUT2D eigenvalue weighted by Crippen LogP contribution is -3.08. The fourth-order valence-corrected chi connectivity index (χ4v) is 2.36. The number of carbonyl (C=O) groups is 1. The van der Waals surface area contributed by atoms with Crippen LogP contribution >= 0.6 is 0 Å². The molecule has 2 aromatic rings. The molecule has 25 heavy (non-hydrogen) atoms. The highest BCUT2D eigenvalue weighted by Crippen LogP contribution is 2.28. The molecular weight excluding hydrogens is 336 g/mol. The van der Waals surface area contributed by atoms with E-state index in [0.29, 0.717) is 13.1 Å². The number of likely N-dealkylation sites (N-methyl/N-ethyl adjacent to an activating group) is 1. The van der Waals surface area contributed by atoms with Crippen molar-refractivity contribution >= 4 is 5.91 Å². The topological polar surface area (TPSA) is 33.5 Å². The van der Waals surface area contributed by atoms with Crippen LogP contribution in [0.4, 0.5) is 17.6 Å². The van der Waals surface area contributed by atoms with Crippen molar-refractivity contribution in [2.24, 2.45) is 0 Å². The normalized spacial score (nSPS) is 12.7. The fraction of sp³-hybridized carbons (Fsp3) is 0.278. The summed E-state index contributed by atoms with van der Waals surface area (Å²) in [4.78, 5) is 12.8. The minimum atomic E-state index is -4.35. The van der Waals surface area contributed by atoms with Gasteiger partial charge in [0.2, 0.25) is 0 Å². The monoisotopic (exact) mass is 355 g/mol. The van der Waals surface area contributed by atoms with E-state index in [1.54, 1.807) is 19.2 Å². The molecule has 0 radical (unpaired) electrons. The second-order valence-corrected chi connectivity index (χ2v) is 5.91. The molecule has 0 saturated carbocycles. The maximum absolute atomic E-state index is 12.8. The third kappa shape index (κ3) is 6.19. The second-order valence-electron chi connectivity index (χ2n) is 5.91. The van der Waals surface area contributed by atoms with Crippen LogP contribution in [-0.4, -0.2) is 19.5 Å². The average Bonchev–Trinajstić information content (AvgIpc) is 2.54. The van der Waals surface area contributed by atoms with Gasteiger partial charge in [-0.15, -0.1) is 0 Å². The molecular formula is C18H19F4N2O+. The largest absolute Gasteiger partial charge is 0.416 e. The van der Waals surface area contributed by atoms with Crippen LogP contribution in [0.5, 0.6) is 0 Å². The minimum Gasteiger partial charge on any atom is -0.347 e. The van der Waals surface area contributed by atoms with E-state index in [4.69, 9.17) is 0 Å². The third-order valence-corrected chi connectivity index (χ3v) is 3.65. The summed E-state index contributed by atoms with van der Waals surface area (Å²) >= 11 is 0. The molecule has 7 heteroatoms. The summed E-state index contributed by atoms with van der Waals surface area (Å²) in [6.45, 7) is 0.914. The van der Waals surface area contributed by atoms with Crippen LogP contribution in [0.1, 0.15) is 16.7 Å². The molecule has 0 bridgehead atoms. The van der Waals surface area contributed by atoms with Crippen molar-refractivity contribution in [3.05, 3.63) is 71.0 Å². The molecule has 2 N–H and O–H groups in total. The summed E-state index contributed by atoms with van der Waals surface area (Å²) < 4.78 is 50.4. The van der Waals surface area contributed by atoms with Gasteiger partial charge < -0.3 is 10.2 Å². The van der Waals surface area contributed by atoms with Crippen molar-refractivity contribution in [2.45, 2.75) is 19.3 Å². The Kier molecular flexibility index (Phi) is 6.14. The molecule has 1 unspecified atom stereocenters. The Morgan fingerprint density at radius 2 is 1.56 bits per heavy atom. The van der Waals surface area contributed by atoms with E-state index in [0.717, 1.165) is 28.2 Å². The first kappa shape index (κ1) is 18.9. The molecule has 134 valence electrons. The van der Waals surface area contributed by atoms with Gasteiger partial charge in [-0.05, 0) is 29.8 Å². The van der Waals surface area contributed by atoms with Crippen LogP contribution < -0.4 is 10.2 Å². The van der Waals surface area contributed by atoms with Crippen LogP contribution in [0.25, 0.3) is 0 Å². The Morgan fingerprint density at radius 3 is 2.12 bits per heavy atom. The van der Waals surface area contributed by atoms with E-state index in [1.165, 1.54) is 24.3 Å². The second kappa shape index (κ2) is 8.11. The molecule has 0 aliphatic rings. The van der Waals surface area contributed by atoms with E-state index in [1.807, 2.05) is 0 Å². The molecule has 0 fully saturated rings. The number of quaternary nitrogens is 1. The molecule has 1 atom stereocenters. The SMILES string of the molecule is C[NH+](CC(=O)NCc1ccc(F)cc1)Cc1ccc(C(F)(F)F)cc1. The number of halogens is 4. The molecule has 0 saturated heterocycles. The van der Waals surface area contributed by atoms with Gasteiger partial charge in [0.25, 0.3) is 5.91 Å². The highest BCUT2D eigenvalue weighted by Gasteiger charge is 2.30. The van der Waals surface area contributed by atoms with Gasteiger partial charge in [-0.2, -0.15) is 13.2 Å². The van der Waals surface area contributed by atoms with Crippen molar-refractivity contribution in [2.75, 3.05) is 13.6 Å². The number of amides is 1. The molecule has 3 nitrogen and oxygen atoms in total. The van der Waals surface area contributed by atoms with E-state index in [9.17, 15) is 22.4 Å². The lowest BCUT2D eigenvalue weighted by atomic mass is 10.1. The summed E-state index contributed by atoms with van der Waals surface area (Å²) in [5, 5.41) is 2.73. The molecule has 0 aliphatic carbocycles. The Hall–Kier alpha value is -2.41. The average molecular weight is 355 g/mol. The molecule has 2 aromatic carbocycles. The first-order valence-electron chi connectivity index (χ1n) is 7.72. The van der Waals surface area contributed by atoms with Crippen LogP contribution in [0.2, 0.25) is 0 Å². The number of hydrogen-bond acceptors (Lipinski definition) is 1. The number of carbonyl (C=O) groups excluding carboxylic acids is 1. The molecule has 1 amide bonds. The lowest BCUT2D eigenvalue weighted by Gasteiger charge is -2.14. The summed E-state index contributed by atoms with van der Waals surface area (Å²) in [5.41, 5.74) is 0.818. The first-order chi connectivity index (χ1) is 11.7. The van der Waals surface area contributed by atoms with Gasteiger partial charge >= 0.3 is 6.18 Å². The highest BCUT2D eigenvalue weighted by atomic mass is 19.4. The zero-order valence-corrected chi connectivity index (χ0v) is 13.7. The van der Waals surface area contributed by atoms with Gasteiger partial charge in [-0.25, -0.2) is 4.39 Å². The summed E-state index contributed by atoms with van der Waals surface area (Å²) in [6.07, 6.45) is -4.35. The highest BCUT2D eigenvalue weighted by molar-refractivity contribution is 5.76. The van der Waals surface area contributed by atoms with Gasteiger partial charge in [0.15, 0.2) is 6.54 Å². The zero-order chi connectivity index (χ0) is 18.4. The van der Waals surface area contributed by atoms with E-state index in [-0.39, 0.29) is 18.3 Å². The zero-order valence-electron chi connectivity index (χ0n) is 13.7.